The van der Waals surface area contributed by atoms with Gasteiger partial charge < -0.3 is 9.47 Å². The van der Waals surface area contributed by atoms with Crippen molar-refractivity contribution >= 4 is 0 Å². The van der Waals surface area contributed by atoms with E-state index < -0.39 is 0 Å². The third kappa shape index (κ3) is 5.83. The summed E-state index contributed by atoms with van der Waals surface area (Å²) >= 11 is 0. The van der Waals surface area contributed by atoms with Gasteiger partial charge in [-0.2, -0.15) is 0 Å². The molecule has 1 atom stereocenters. The normalized spacial score (nSPS) is 22.6. The minimum Gasteiger partial charge on any atom is -0.378 e. The lowest BCUT2D eigenvalue weighted by Crippen LogP contribution is -2.35. The molecule has 104 valence electrons. The van der Waals surface area contributed by atoms with Crippen LogP contribution >= 0.6 is 0 Å². The van der Waals surface area contributed by atoms with Crippen molar-refractivity contribution in [1.29, 1.82) is 0 Å². The van der Waals surface area contributed by atoms with Crippen LogP contribution in [0.25, 0.3) is 0 Å². The minimum absolute atomic E-state index is 0.225. The van der Waals surface area contributed by atoms with Crippen LogP contribution in [-0.4, -0.2) is 25.9 Å². The molecule has 0 aromatic carbocycles. The van der Waals surface area contributed by atoms with E-state index in [1.165, 1.54) is 38.5 Å². The Kier molecular flexibility index (Phi) is 8.03. The first kappa shape index (κ1) is 15.5. The van der Waals surface area contributed by atoms with Crippen LogP contribution in [0.15, 0.2) is 24.3 Å². The summed E-state index contributed by atoms with van der Waals surface area (Å²) in [6.45, 7) is 3.77. The molecular formula is C16H28O2. The fourth-order valence-corrected chi connectivity index (χ4v) is 2.19. The third-order valence-electron chi connectivity index (χ3n) is 3.51. The maximum atomic E-state index is 5.76. The van der Waals surface area contributed by atoms with Gasteiger partial charge in [0, 0.05) is 20.1 Å². The molecular weight excluding hydrogens is 224 g/mol. The second kappa shape index (κ2) is 9.35. The van der Waals surface area contributed by atoms with Crippen molar-refractivity contribution in [2.24, 2.45) is 0 Å². The SMILES string of the molecule is CCCCCCCCOCC1(OC)C=CC=CC1. The fourth-order valence-electron chi connectivity index (χ4n) is 2.19. The first-order valence-electron chi connectivity index (χ1n) is 7.30. The van der Waals surface area contributed by atoms with Crippen molar-refractivity contribution in [3.63, 3.8) is 0 Å². The lowest BCUT2D eigenvalue weighted by atomic mass is 9.96. The summed E-state index contributed by atoms with van der Waals surface area (Å²) in [7, 11) is 1.76. The molecule has 18 heavy (non-hydrogen) atoms. The van der Waals surface area contributed by atoms with E-state index in [0.717, 1.165) is 13.0 Å². The molecule has 0 aromatic rings. The molecule has 2 heteroatoms. The molecule has 0 saturated carbocycles. The number of allylic oxidation sites excluding steroid dienone is 2. The second-order valence-electron chi connectivity index (χ2n) is 5.08. The van der Waals surface area contributed by atoms with Crippen molar-refractivity contribution in [2.45, 2.75) is 57.5 Å². The number of methoxy groups -OCH3 is 1. The zero-order chi connectivity index (χ0) is 13.1. The van der Waals surface area contributed by atoms with Crippen LogP contribution in [0.3, 0.4) is 0 Å². The first-order chi connectivity index (χ1) is 8.83. The highest BCUT2D eigenvalue weighted by atomic mass is 16.5. The topological polar surface area (TPSA) is 18.5 Å². The van der Waals surface area contributed by atoms with Crippen molar-refractivity contribution in [3.05, 3.63) is 24.3 Å². The Morgan fingerprint density at radius 2 is 1.83 bits per heavy atom. The van der Waals surface area contributed by atoms with E-state index in [1.807, 2.05) is 6.08 Å². The maximum absolute atomic E-state index is 5.76. The molecule has 0 radical (unpaired) electrons. The number of hydrogen-bond acceptors (Lipinski definition) is 2. The van der Waals surface area contributed by atoms with Gasteiger partial charge in [-0.15, -0.1) is 0 Å². The monoisotopic (exact) mass is 252 g/mol. The van der Waals surface area contributed by atoms with Crippen LogP contribution in [0.1, 0.15) is 51.9 Å². The summed E-state index contributed by atoms with van der Waals surface area (Å²) in [4.78, 5) is 0. The summed E-state index contributed by atoms with van der Waals surface area (Å²) in [5.41, 5.74) is -0.225. The predicted molar refractivity (Wildman–Crippen MR) is 76.8 cm³/mol. The van der Waals surface area contributed by atoms with Gasteiger partial charge in [0.25, 0.3) is 0 Å². The Morgan fingerprint density at radius 3 is 2.50 bits per heavy atom. The second-order valence-corrected chi connectivity index (χ2v) is 5.08. The zero-order valence-electron chi connectivity index (χ0n) is 12.0. The lowest BCUT2D eigenvalue weighted by Gasteiger charge is -2.29. The van der Waals surface area contributed by atoms with Crippen LogP contribution in [-0.2, 0) is 9.47 Å². The van der Waals surface area contributed by atoms with Crippen molar-refractivity contribution in [2.75, 3.05) is 20.3 Å². The number of hydrogen-bond donors (Lipinski definition) is 0. The van der Waals surface area contributed by atoms with Gasteiger partial charge >= 0.3 is 0 Å². The molecule has 0 heterocycles. The molecule has 1 aliphatic rings. The van der Waals surface area contributed by atoms with Crippen molar-refractivity contribution in [3.8, 4) is 0 Å². The highest BCUT2D eigenvalue weighted by Crippen LogP contribution is 2.22. The summed E-state index contributed by atoms with van der Waals surface area (Å²) in [5.74, 6) is 0. The van der Waals surface area contributed by atoms with Crippen LogP contribution in [0.5, 0.6) is 0 Å². The molecule has 0 saturated heterocycles. The number of rotatable bonds is 10. The highest BCUT2D eigenvalue weighted by Gasteiger charge is 2.26. The summed E-state index contributed by atoms with van der Waals surface area (Å²) in [6.07, 6.45) is 17.1. The summed E-state index contributed by atoms with van der Waals surface area (Å²) in [5, 5.41) is 0. The fraction of sp³-hybridized carbons (Fsp3) is 0.750. The molecule has 2 nitrogen and oxygen atoms in total. The molecule has 0 fully saturated rings. The Balaban J connectivity index is 2.03. The van der Waals surface area contributed by atoms with E-state index in [-0.39, 0.29) is 5.60 Å². The molecule has 0 N–H and O–H groups in total. The predicted octanol–water partition coefficient (Wildman–Crippen LogP) is 4.26. The van der Waals surface area contributed by atoms with E-state index in [4.69, 9.17) is 9.47 Å². The largest absolute Gasteiger partial charge is 0.378 e. The highest BCUT2D eigenvalue weighted by molar-refractivity contribution is 5.18. The van der Waals surface area contributed by atoms with Crippen molar-refractivity contribution in [1.82, 2.24) is 0 Å². The Labute approximate surface area is 112 Å². The average molecular weight is 252 g/mol. The van der Waals surface area contributed by atoms with Crippen LogP contribution in [0.4, 0.5) is 0 Å². The van der Waals surface area contributed by atoms with E-state index in [9.17, 15) is 0 Å². The molecule has 0 bridgehead atoms. The maximum Gasteiger partial charge on any atom is 0.113 e. The van der Waals surface area contributed by atoms with E-state index in [2.05, 4.69) is 25.2 Å². The minimum atomic E-state index is -0.225. The Morgan fingerprint density at radius 1 is 1.06 bits per heavy atom. The zero-order valence-corrected chi connectivity index (χ0v) is 12.0. The lowest BCUT2D eigenvalue weighted by molar-refractivity contribution is -0.0424. The van der Waals surface area contributed by atoms with Crippen LogP contribution < -0.4 is 0 Å². The third-order valence-corrected chi connectivity index (χ3v) is 3.51. The van der Waals surface area contributed by atoms with Gasteiger partial charge in [-0.3, -0.25) is 0 Å². The smallest absolute Gasteiger partial charge is 0.113 e. The van der Waals surface area contributed by atoms with Gasteiger partial charge in [-0.25, -0.2) is 0 Å². The van der Waals surface area contributed by atoms with Gasteiger partial charge in [0.05, 0.1) is 6.61 Å². The number of ether oxygens (including phenoxy) is 2. The average Bonchev–Trinajstić information content (AvgIpc) is 2.43. The summed E-state index contributed by atoms with van der Waals surface area (Å²) < 4.78 is 11.3. The molecule has 0 amide bonds. The molecule has 1 aliphatic carbocycles. The standard InChI is InChI=1S/C16H28O2/c1-3-4-5-6-7-11-14-18-15-16(17-2)12-9-8-10-13-16/h8-10,12H,3-7,11,13-15H2,1-2H3. The molecule has 1 unspecified atom stereocenters. The molecule has 0 aliphatic heterocycles. The Bertz CT molecular complexity index is 258. The first-order valence-corrected chi connectivity index (χ1v) is 7.30. The number of unbranched alkanes of at least 4 members (excludes halogenated alkanes) is 5. The summed E-state index contributed by atoms with van der Waals surface area (Å²) in [6, 6.07) is 0. The Hall–Kier alpha value is -0.600. The van der Waals surface area contributed by atoms with Crippen molar-refractivity contribution < 1.29 is 9.47 Å². The van der Waals surface area contributed by atoms with Gasteiger partial charge in [-0.1, -0.05) is 63.3 Å². The van der Waals surface area contributed by atoms with Crippen LogP contribution in [0.2, 0.25) is 0 Å². The van der Waals surface area contributed by atoms with Crippen LogP contribution in [0, 0.1) is 0 Å². The van der Waals surface area contributed by atoms with E-state index >= 15 is 0 Å². The van der Waals surface area contributed by atoms with E-state index in [1.54, 1.807) is 7.11 Å². The van der Waals surface area contributed by atoms with Gasteiger partial charge in [0.15, 0.2) is 0 Å². The van der Waals surface area contributed by atoms with Gasteiger partial charge in [0.1, 0.15) is 5.60 Å². The molecule has 0 aromatic heterocycles. The molecule has 1 rings (SSSR count). The van der Waals surface area contributed by atoms with Gasteiger partial charge in [-0.05, 0) is 6.42 Å². The quantitative estimate of drug-likeness (QED) is 0.541. The van der Waals surface area contributed by atoms with Gasteiger partial charge in [0.2, 0.25) is 0 Å². The van der Waals surface area contributed by atoms with E-state index in [0.29, 0.717) is 6.61 Å². The molecule has 0 spiro atoms.